The Morgan fingerprint density at radius 2 is 1.50 bits per heavy atom. The van der Waals surface area contributed by atoms with Crippen molar-refractivity contribution in [2.75, 3.05) is 6.61 Å². The zero-order valence-electron chi connectivity index (χ0n) is 16.8. The fourth-order valence-corrected chi connectivity index (χ4v) is 3.58. The molecule has 3 aromatic rings. The van der Waals surface area contributed by atoms with Gasteiger partial charge in [-0.2, -0.15) is 4.99 Å². The molecular weight excluding hydrogens is 379 g/mol. The monoisotopic (exact) mass is 402 g/mol. The van der Waals surface area contributed by atoms with Crippen LogP contribution in [0.5, 0.6) is 0 Å². The Bertz CT molecular complexity index is 1030. The lowest BCUT2D eigenvalue weighted by Crippen LogP contribution is -2.32. The number of hydrogen-bond donors (Lipinski definition) is 0. The van der Waals surface area contributed by atoms with Gasteiger partial charge in [-0.05, 0) is 52.9 Å². The van der Waals surface area contributed by atoms with Gasteiger partial charge >= 0.3 is 0 Å². The predicted octanol–water partition coefficient (Wildman–Crippen LogP) is 5.43. The maximum atomic E-state index is 13.2. The summed E-state index contributed by atoms with van der Waals surface area (Å²) in [6.45, 7) is 3.61. The van der Waals surface area contributed by atoms with Gasteiger partial charge < -0.3 is 9.64 Å². The van der Waals surface area contributed by atoms with E-state index in [1.54, 1.807) is 0 Å². The lowest BCUT2D eigenvalue weighted by molar-refractivity contribution is 0.0992. The van der Waals surface area contributed by atoms with E-state index < -0.39 is 11.7 Å². The van der Waals surface area contributed by atoms with Crippen LogP contribution in [0.1, 0.15) is 34.8 Å². The highest BCUT2D eigenvalue weighted by atomic mass is 19.1. The van der Waals surface area contributed by atoms with Gasteiger partial charge in [0.15, 0.2) is 0 Å². The van der Waals surface area contributed by atoms with Crippen molar-refractivity contribution in [2.45, 2.75) is 26.4 Å². The topological polar surface area (TPSA) is 41.9 Å². The van der Waals surface area contributed by atoms with Crippen LogP contribution in [0.2, 0.25) is 0 Å². The quantitative estimate of drug-likeness (QED) is 0.433. The smallest absolute Gasteiger partial charge is 0.296 e. The molecule has 0 bridgehead atoms. The molecule has 0 unspecified atom stereocenters. The minimum atomic E-state index is -0.452. The molecule has 1 aliphatic heterocycles. The number of rotatable bonds is 3. The third-order valence-electron chi connectivity index (χ3n) is 5.04. The molecule has 5 heteroatoms. The first-order valence-electron chi connectivity index (χ1n) is 10.1. The summed E-state index contributed by atoms with van der Waals surface area (Å²) in [5.41, 5.74) is 4.96. The van der Waals surface area contributed by atoms with Gasteiger partial charge in [0.05, 0.1) is 6.61 Å². The van der Waals surface area contributed by atoms with Crippen LogP contribution in [0, 0.1) is 5.82 Å². The predicted molar refractivity (Wildman–Crippen MR) is 116 cm³/mol. The Labute approximate surface area is 175 Å². The number of carbonyl (C=O) groups is 1. The van der Waals surface area contributed by atoms with Crippen LogP contribution in [0.15, 0.2) is 77.8 Å². The summed E-state index contributed by atoms with van der Waals surface area (Å²) < 4.78 is 19.1. The third kappa shape index (κ3) is 4.25. The SMILES string of the molecule is CCCOC(=NC(=O)c1ccc(F)cc1)N1Cc2ccccc2-c2ccccc2C1. The molecular formula is C25H23FN2O2. The lowest BCUT2D eigenvalue weighted by Gasteiger charge is -2.24. The first-order chi connectivity index (χ1) is 14.7. The molecule has 0 spiro atoms. The van der Waals surface area contributed by atoms with Crippen LogP contribution in [-0.2, 0) is 17.8 Å². The standard InChI is InChI=1S/C25H23FN2O2/c1-2-15-30-25(27-24(29)18-11-13-21(26)14-12-18)28-16-19-7-3-5-9-22(19)23-10-6-4-8-20(23)17-28/h3-14H,2,15-17H2,1H3. The molecule has 1 aliphatic rings. The number of ether oxygens (including phenoxy) is 1. The van der Waals surface area contributed by atoms with Gasteiger partial charge in [0.25, 0.3) is 11.9 Å². The fourth-order valence-electron chi connectivity index (χ4n) is 3.58. The molecule has 30 heavy (non-hydrogen) atoms. The molecule has 0 saturated carbocycles. The summed E-state index contributed by atoms with van der Waals surface area (Å²) in [4.78, 5) is 19.0. The Balaban J connectivity index is 1.72. The summed E-state index contributed by atoms with van der Waals surface area (Å²) in [7, 11) is 0. The van der Waals surface area contributed by atoms with Crippen LogP contribution < -0.4 is 0 Å². The number of carbonyl (C=O) groups excluding carboxylic acids is 1. The molecule has 0 saturated heterocycles. The molecule has 1 amide bonds. The van der Waals surface area contributed by atoms with Gasteiger partial charge in [-0.3, -0.25) is 4.79 Å². The van der Waals surface area contributed by atoms with Crippen molar-refractivity contribution >= 4 is 11.9 Å². The van der Waals surface area contributed by atoms with Crippen LogP contribution >= 0.6 is 0 Å². The number of hydrogen-bond acceptors (Lipinski definition) is 2. The van der Waals surface area contributed by atoms with Crippen molar-refractivity contribution in [2.24, 2.45) is 4.99 Å². The van der Waals surface area contributed by atoms with Crippen LogP contribution in [-0.4, -0.2) is 23.4 Å². The van der Waals surface area contributed by atoms with E-state index in [4.69, 9.17) is 4.74 Å². The normalized spacial score (nSPS) is 13.3. The molecule has 4 rings (SSSR count). The maximum Gasteiger partial charge on any atom is 0.296 e. The molecule has 4 nitrogen and oxygen atoms in total. The highest BCUT2D eigenvalue weighted by Crippen LogP contribution is 2.32. The number of amides is 1. The summed E-state index contributed by atoms with van der Waals surface area (Å²) >= 11 is 0. The highest BCUT2D eigenvalue weighted by molar-refractivity contribution is 6.01. The van der Waals surface area contributed by atoms with E-state index in [2.05, 4.69) is 29.3 Å². The highest BCUT2D eigenvalue weighted by Gasteiger charge is 2.23. The molecule has 0 aromatic heterocycles. The van der Waals surface area contributed by atoms with E-state index in [9.17, 15) is 9.18 Å². The molecule has 0 N–H and O–H groups in total. The fraction of sp³-hybridized carbons (Fsp3) is 0.200. The number of halogens is 1. The summed E-state index contributed by atoms with van der Waals surface area (Å²) in [6.07, 6.45) is 0.796. The van der Waals surface area contributed by atoms with E-state index in [1.165, 1.54) is 35.4 Å². The Hall–Kier alpha value is -3.47. The number of fused-ring (bicyclic) bond motifs is 3. The van der Waals surface area contributed by atoms with Crippen LogP contribution in [0.25, 0.3) is 11.1 Å². The first kappa shape index (κ1) is 19.8. The molecule has 1 heterocycles. The van der Waals surface area contributed by atoms with E-state index in [0.717, 1.165) is 17.5 Å². The van der Waals surface area contributed by atoms with Crippen molar-refractivity contribution in [3.05, 3.63) is 95.3 Å². The van der Waals surface area contributed by atoms with Crippen LogP contribution in [0.3, 0.4) is 0 Å². The molecule has 3 aromatic carbocycles. The van der Waals surface area contributed by atoms with Gasteiger partial charge in [-0.15, -0.1) is 0 Å². The number of nitrogens with zero attached hydrogens (tertiary/aromatic N) is 2. The van der Waals surface area contributed by atoms with Gasteiger partial charge in [-0.25, -0.2) is 4.39 Å². The van der Waals surface area contributed by atoms with Crippen molar-refractivity contribution in [1.29, 1.82) is 0 Å². The van der Waals surface area contributed by atoms with E-state index in [-0.39, 0.29) is 6.02 Å². The van der Waals surface area contributed by atoms with E-state index in [0.29, 0.717) is 25.3 Å². The lowest BCUT2D eigenvalue weighted by atomic mass is 9.97. The maximum absolute atomic E-state index is 13.2. The molecule has 152 valence electrons. The number of aliphatic imine (C=N–C) groups is 1. The summed E-state index contributed by atoms with van der Waals surface area (Å²) in [5, 5.41) is 0. The average Bonchev–Trinajstić information content (AvgIpc) is 2.94. The van der Waals surface area contributed by atoms with Crippen LogP contribution in [0.4, 0.5) is 4.39 Å². The van der Waals surface area contributed by atoms with Gasteiger partial charge in [-0.1, -0.05) is 55.5 Å². The second-order valence-electron chi connectivity index (χ2n) is 7.23. The molecule has 0 fully saturated rings. The molecule has 0 radical (unpaired) electrons. The van der Waals surface area contributed by atoms with Crippen molar-refractivity contribution < 1.29 is 13.9 Å². The Morgan fingerprint density at radius 1 is 0.933 bits per heavy atom. The van der Waals surface area contributed by atoms with Gasteiger partial charge in [0, 0.05) is 18.7 Å². The van der Waals surface area contributed by atoms with Gasteiger partial charge in [0.1, 0.15) is 5.82 Å². The molecule has 0 aliphatic carbocycles. The number of amidine groups is 1. The summed E-state index contributed by atoms with van der Waals surface area (Å²) in [6, 6.07) is 22.2. The first-order valence-corrected chi connectivity index (χ1v) is 10.1. The zero-order chi connectivity index (χ0) is 20.9. The average molecular weight is 402 g/mol. The van der Waals surface area contributed by atoms with Crippen molar-refractivity contribution in [3.8, 4) is 11.1 Å². The number of benzene rings is 3. The Morgan fingerprint density at radius 3 is 2.07 bits per heavy atom. The zero-order valence-corrected chi connectivity index (χ0v) is 16.8. The largest absolute Gasteiger partial charge is 0.465 e. The summed E-state index contributed by atoms with van der Waals surface area (Å²) in [5.74, 6) is -0.842. The van der Waals surface area contributed by atoms with Gasteiger partial charge in [0.2, 0.25) is 0 Å². The Kier molecular flexibility index (Phi) is 5.89. The minimum absolute atomic E-state index is 0.290. The van der Waals surface area contributed by atoms with Crippen molar-refractivity contribution in [3.63, 3.8) is 0 Å². The van der Waals surface area contributed by atoms with E-state index in [1.807, 2.05) is 36.1 Å². The van der Waals surface area contributed by atoms with E-state index >= 15 is 0 Å². The second kappa shape index (κ2) is 8.91. The molecule has 0 atom stereocenters. The van der Waals surface area contributed by atoms with Crippen molar-refractivity contribution in [1.82, 2.24) is 4.90 Å². The second-order valence-corrected chi connectivity index (χ2v) is 7.23. The minimum Gasteiger partial charge on any atom is -0.465 e. The third-order valence-corrected chi connectivity index (χ3v) is 5.04.